The molecule has 1 saturated carbocycles. The van der Waals surface area contributed by atoms with Crippen LogP contribution in [0, 0.1) is 5.92 Å². The van der Waals surface area contributed by atoms with Crippen LogP contribution >= 0.6 is 0 Å². The van der Waals surface area contributed by atoms with Crippen molar-refractivity contribution in [1.29, 1.82) is 0 Å². The van der Waals surface area contributed by atoms with Crippen molar-refractivity contribution >= 4 is 0 Å². The molecule has 0 aliphatic heterocycles. The van der Waals surface area contributed by atoms with Crippen molar-refractivity contribution in [3.05, 3.63) is 29.8 Å². The highest BCUT2D eigenvalue weighted by molar-refractivity contribution is 5.33. The first-order valence-corrected chi connectivity index (χ1v) is 7.15. The Morgan fingerprint density at radius 1 is 1.28 bits per heavy atom. The quantitative estimate of drug-likeness (QED) is 0.832. The summed E-state index contributed by atoms with van der Waals surface area (Å²) >= 11 is 0. The van der Waals surface area contributed by atoms with Gasteiger partial charge in [0.2, 0.25) is 0 Å². The van der Waals surface area contributed by atoms with Crippen LogP contribution in [0.15, 0.2) is 24.3 Å². The minimum atomic E-state index is 0.516. The van der Waals surface area contributed by atoms with E-state index in [4.69, 9.17) is 4.74 Å². The third kappa shape index (κ3) is 3.74. The van der Waals surface area contributed by atoms with Crippen LogP contribution in [0.3, 0.4) is 0 Å². The van der Waals surface area contributed by atoms with Crippen LogP contribution in [0.25, 0.3) is 0 Å². The van der Waals surface area contributed by atoms with Crippen molar-refractivity contribution in [2.45, 2.75) is 45.1 Å². The maximum absolute atomic E-state index is 5.40. The van der Waals surface area contributed by atoms with Crippen molar-refractivity contribution < 1.29 is 4.74 Å². The summed E-state index contributed by atoms with van der Waals surface area (Å²) in [4.78, 5) is 0. The Bertz CT molecular complexity index is 358. The van der Waals surface area contributed by atoms with Crippen LogP contribution in [0.5, 0.6) is 5.75 Å². The molecule has 0 spiro atoms. The first-order valence-electron chi connectivity index (χ1n) is 7.15. The summed E-state index contributed by atoms with van der Waals surface area (Å²) in [5.41, 5.74) is 1.30. The summed E-state index contributed by atoms with van der Waals surface area (Å²) in [7, 11) is 1.75. The number of ether oxygens (including phenoxy) is 1. The first-order chi connectivity index (χ1) is 8.79. The molecular weight excluding hydrogens is 222 g/mol. The minimum Gasteiger partial charge on any atom is -0.496 e. The SMILES string of the molecule is COc1ccccc1CC(C)NCC1CCCC1. The molecule has 0 heterocycles. The Kier molecular flexibility index (Phi) is 5.06. The monoisotopic (exact) mass is 247 g/mol. The Balaban J connectivity index is 1.80. The second-order valence-electron chi connectivity index (χ2n) is 5.48. The molecule has 2 nitrogen and oxygen atoms in total. The highest BCUT2D eigenvalue weighted by Crippen LogP contribution is 2.24. The first kappa shape index (κ1) is 13.4. The number of methoxy groups -OCH3 is 1. The zero-order valence-electron chi connectivity index (χ0n) is 11.6. The van der Waals surface area contributed by atoms with Crippen LogP contribution in [-0.4, -0.2) is 19.7 Å². The second-order valence-corrected chi connectivity index (χ2v) is 5.48. The van der Waals surface area contributed by atoms with Gasteiger partial charge in [-0.3, -0.25) is 0 Å². The number of hydrogen-bond donors (Lipinski definition) is 1. The van der Waals surface area contributed by atoms with E-state index in [-0.39, 0.29) is 0 Å². The van der Waals surface area contributed by atoms with E-state index >= 15 is 0 Å². The van der Waals surface area contributed by atoms with E-state index < -0.39 is 0 Å². The smallest absolute Gasteiger partial charge is 0.122 e. The van der Waals surface area contributed by atoms with Crippen LogP contribution in [0.4, 0.5) is 0 Å². The predicted octanol–water partition coefficient (Wildman–Crippen LogP) is 3.41. The topological polar surface area (TPSA) is 21.3 Å². The van der Waals surface area contributed by atoms with E-state index in [2.05, 4.69) is 24.4 Å². The molecule has 100 valence electrons. The molecule has 2 heteroatoms. The van der Waals surface area contributed by atoms with Gasteiger partial charge in [0.05, 0.1) is 7.11 Å². The lowest BCUT2D eigenvalue weighted by Gasteiger charge is -2.18. The van der Waals surface area contributed by atoms with Gasteiger partial charge in [-0.15, -0.1) is 0 Å². The van der Waals surface area contributed by atoms with Crippen LogP contribution in [0.1, 0.15) is 38.2 Å². The van der Waals surface area contributed by atoms with Gasteiger partial charge in [-0.25, -0.2) is 0 Å². The summed E-state index contributed by atoms with van der Waals surface area (Å²) < 4.78 is 5.40. The van der Waals surface area contributed by atoms with Gasteiger partial charge < -0.3 is 10.1 Å². The average molecular weight is 247 g/mol. The zero-order valence-corrected chi connectivity index (χ0v) is 11.6. The molecule has 0 saturated heterocycles. The Morgan fingerprint density at radius 3 is 2.72 bits per heavy atom. The van der Waals surface area contributed by atoms with Crippen molar-refractivity contribution in [2.75, 3.05) is 13.7 Å². The standard InChI is InChI=1S/C16H25NO/c1-13(17-12-14-7-3-4-8-14)11-15-9-5-6-10-16(15)18-2/h5-6,9-10,13-14,17H,3-4,7-8,11-12H2,1-2H3. The largest absolute Gasteiger partial charge is 0.496 e. The van der Waals surface area contributed by atoms with Gasteiger partial charge in [0.15, 0.2) is 0 Å². The molecule has 0 amide bonds. The van der Waals surface area contributed by atoms with Gasteiger partial charge >= 0.3 is 0 Å². The summed E-state index contributed by atoms with van der Waals surface area (Å²) in [6, 6.07) is 8.83. The van der Waals surface area contributed by atoms with Gasteiger partial charge in [-0.2, -0.15) is 0 Å². The zero-order chi connectivity index (χ0) is 12.8. The Hall–Kier alpha value is -1.02. The second kappa shape index (κ2) is 6.79. The Labute approximate surface area is 111 Å². The molecular formula is C16H25NO. The van der Waals surface area contributed by atoms with Crippen LogP contribution in [0.2, 0.25) is 0 Å². The summed E-state index contributed by atoms with van der Waals surface area (Å²) in [6.45, 7) is 3.44. The fraction of sp³-hybridized carbons (Fsp3) is 0.625. The van der Waals surface area contributed by atoms with Gasteiger partial charge in [0.1, 0.15) is 5.75 Å². The fourth-order valence-corrected chi connectivity index (χ4v) is 2.86. The molecule has 1 aromatic carbocycles. The Morgan fingerprint density at radius 2 is 2.00 bits per heavy atom. The summed E-state index contributed by atoms with van der Waals surface area (Å²) in [5.74, 6) is 1.91. The maximum Gasteiger partial charge on any atom is 0.122 e. The van der Waals surface area contributed by atoms with E-state index in [0.29, 0.717) is 6.04 Å². The average Bonchev–Trinajstić information content (AvgIpc) is 2.90. The van der Waals surface area contributed by atoms with E-state index in [1.807, 2.05) is 12.1 Å². The van der Waals surface area contributed by atoms with Crippen molar-refractivity contribution in [3.63, 3.8) is 0 Å². The number of benzene rings is 1. The van der Waals surface area contributed by atoms with Gasteiger partial charge in [0.25, 0.3) is 0 Å². The molecule has 1 aliphatic rings. The lowest BCUT2D eigenvalue weighted by atomic mass is 10.0. The lowest BCUT2D eigenvalue weighted by Crippen LogP contribution is -2.32. The molecule has 0 bridgehead atoms. The molecule has 18 heavy (non-hydrogen) atoms. The highest BCUT2D eigenvalue weighted by Gasteiger charge is 2.15. The molecule has 1 N–H and O–H groups in total. The van der Waals surface area contributed by atoms with Gasteiger partial charge in [0, 0.05) is 6.04 Å². The molecule has 2 rings (SSSR count). The molecule has 1 atom stereocenters. The molecule has 1 unspecified atom stereocenters. The molecule has 1 fully saturated rings. The molecule has 0 radical (unpaired) electrons. The number of rotatable bonds is 6. The predicted molar refractivity (Wildman–Crippen MR) is 76.1 cm³/mol. The third-order valence-electron chi connectivity index (χ3n) is 3.95. The van der Waals surface area contributed by atoms with Gasteiger partial charge in [-0.05, 0) is 50.3 Å². The lowest BCUT2D eigenvalue weighted by molar-refractivity contribution is 0.402. The fourth-order valence-electron chi connectivity index (χ4n) is 2.86. The van der Waals surface area contributed by atoms with Crippen LogP contribution in [-0.2, 0) is 6.42 Å². The van der Waals surface area contributed by atoms with E-state index in [9.17, 15) is 0 Å². The highest BCUT2D eigenvalue weighted by atomic mass is 16.5. The molecule has 1 aromatic rings. The summed E-state index contributed by atoms with van der Waals surface area (Å²) in [6.07, 6.45) is 6.71. The van der Waals surface area contributed by atoms with Crippen molar-refractivity contribution in [1.82, 2.24) is 5.32 Å². The van der Waals surface area contributed by atoms with E-state index in [1.165, 1.54) is 37.8 Å². The minimum absolute atomic E-state index is 0.516. The van der Waals surface area contributed by atoms with E-state index in [0.717, 1.165) is 18.1 Å². The third-order valence-corrected chi connectivity index (χ3v) is 3.95. The van der Waals surface area contributed by atoms with Crippen LogP contribution < -0.4 is 10.1 Å². The van der Waals surface area contributed by atoms with Crippen molar-refractivity contribution in [2.24, 2.45) is 5.92 Å². The number of para-hydroxylation sites is 1. The van der Waals surface area contributed by atoms with Gasteiger partial charge in [-0.1, -0.05) is 31.0 Å². The van der Waals surface area contributed by atoms with E-state index in [1.54, 1.807) is 7.11 Å². The molecule has 0 aromatic heterocycles. The normalized spacial score (nSPS) is 17.9. The van der Waals surface area contributed by atoms with Crippen molar-refractivity contribution in [3.8, 4) is 5.75 Å². The maximum atomic E-state index is 5.40. The summed E-state index contributed by atoms with van der Waals surface area (Å²) in [5, 5.41) is 3.67. The number of hydrogen-bond acceptors (Lipinski definition) is 2. The number of nitrogens with one attached hydrogen (secondary N) is 1. The molecule has 1 aliphatic carbocycles.